The number of rotatable bonds is 5. The van der Waals surface area contributed by atoms with Crippen molar-refractivity contribution in [2.45, 2.75) is 31.8 Å². The number of benzene rings is 1. The summed E-state index contributed by atoms with van der Waals surface area (Å²) in [7, 11) is 2.14. The molecule has 0 bridgehead atoms. The van der Waals surface area contributed by atoms with Gasteiger partial charge in [0.15, 0.2) is 5.82 Å². The van der Waals surface area contributed by atoms with E-state index in [2.05, 4.69) is 39.5 Å². The molecular formula is C16H23ClN4O. The van der Waals surface area contributed by atoms with E-state index in [0.29, 0.717) is 11.9 Å². The topological polar surface area (TPSA) is 54.2 Å². The highest BCUT2D eigenvalue weighted by atomic mass is 35.5. The lowest BCUT2D eigenvalue weighted by atomic mass is 10.1. The first kappa shape index (κ1) is 16.9. The van der Waals surface area contributed by atoms with Gasteiger partial charge in [-0.25, -0.2) is 0 Å². The molecule has 1 aliphatic rings. The highest BCUT2D eigenvalue weighted by Crippen LogP contribution is 2.13. The molecule has 0 saturated carbocycles. The van der Waals surface area contributed by atoms with Crippen LogP contribution in [0.25, 0.3) is 0 Å². The molecule has 0 unspecified atom stereocenters. The van der Waals surface area contributed by atoms with Crippen LogP contribution in [0, 0.1) is 0 Å². The maximum atomic E-state index is 5.38. The van der Waals surface area contributed by atoms with E-state index in [-0.39, 0.29) is 12.4 Å². The summed E-state index contributed by atoms with van der Waals surface area (Å²) >= 11 is 0. The van der Waals surface area contributed by atoms with E-state index < -0.39 is 0 Å². The van der Waals surface area contributed by atoms with Crippen molar-refractivity contribution >= 4 is 12.4 Å². The smallest absolute Gasteiger partial charge is 0.240 e. The van der Waals surface area contributed by atoms with Gasteiger partial charge in [0.25, 0.3) is 0 Å². The maximum absolute atomic E-state index is 5.38. The largest absolute Gasteiger partial charge is 0.338 e. The molecule has 0 spiro atoms. The van der Waals surface area contributed by atoms with E-state index >= 15 is 0 Å². The summed E-state index contributed by atoms with van der Waals surface area (Å²) in [6.45, 7) is 2.92. The monoisotopic (exact) mass is 322 g/mol. The van der Waals surface area contributed by atoms with Gasteiger partial charge in [0.05, 0.1) is 6.54 Å². The maximum Gasteiger partial charge on any atom is 0.240 e. The fourth-order valence-corrected chi connectivity index (χ4v) is 2.79. The molecule has 6 heteroatoms. The lowest BCUT2D eigenvalue weighted by Crippen LogP contribution is -2.40. The van der Waals surface area contributed by atoms with Crippen molar-refractivity contribution in [1.82, 2.24) is 20.4 Å². The van der Waals surface area contributed by atoms with Crippen LogP contribution in [0.3, 0.4) is 0 Å². The Kier molecular flexibility index (Phi) is 6.36. The second-order valence-electron chi connectivity index (χ2n) is 5.66. The third kappa shape index (κ3) is 4.53. The molecule has 120 valence electrons. The molecule has 0 amide bonds. The highest BCUT2D eigenvalue weighted by molar-refractivity contribution is 5.85. The fraction of sp³-hybridized carbons (Fsp3) is 0.500. The molecule has 1 aromatic heterocycles. The summed E-state index contributed by atoms with van der Waals surface area (Å²) in [5, 5.41) is 7.47. The Bertz CT molecular complexity index is 554. The number of halogens is 1. The minimum Gasteiger partial charge on any atom is -0.338 e. The lowest BCUT2D eigenvalue weighted by Gasteiger charge is -2.30. The summed E-state index contributed by atoms with van der Waals surface area (Å²) in [5.41, 5.74) is 1.21. The number of nitrogens with zero attached hydrogens (tertiary/aromatic N) is 3. The predicted octanol–water partition coefficient (Wildman–Crippen LogP) is 2.27. The molecule has 1 fully saturated rings. The van der Waals surface area contributed by atoms with Crippen LogP contribution in [0.5, 0.6) is 0 Å². The molecule has 0 radical (unpaired) electrons. The molecule has 0 aliphatic carbocycles. The molecule has 2 heterocycles. The molecule has 1 aromatic carbocycles. The van der Waals surface area contributed by atoms with Gasteiger partial charge in [-0.05, 0) is 38.5 Å². The van der Waals surface area contributed by atoms with Crippen molar-refractivity contribution in [3.8, 4) is 0 Å². The predicted molar refractivity (Wildman–Crippen MR) is 88.2 cm³/mol. The van der Waals surface area contributed by atoms with Crippen LogP contribution in [0.1, 0.15) is 30.1 Å². The van der Waals surface area contributed by atoms with Gasteiger partial charge in [-0.1, -0.05) is 35.5 Å². The molecule has 1 saturated heterocycles. The fourth-order valence-electron chi connectivity index (χ4n) is 2.79. The van der Waals surface area contributed by atoms with Gasteiger partial charge in [0.2, 0.25) is 5.89 Å². The number of piperidine rings is 1. The van der Waals surface area contributed by atoms with Crippen molar-refractivity contribution in [1.29, 1.82) is 0 Å². The number of hydrogen-bond donors (Lipinski definition) is 1. The van der Waals surface area contributed by atoms with Gasteiger partial charge >= 0.3 is 0 Å². The third-order valence-corrected chi connectivity index (χ3v) is 4.03. The summed E-state index contributed by atoms with van der Waals surface area (Å²) in [6, 6.07) is 10.8. The SMILES string of the molecule is CN(Cc1nc(Cc2ccccc2)no1)C1CCNCC1.Cl. The van der Waals surface area contributed by atoms with Crippen LogP contribution < -0.4 is 5.32 Å². The minimum atomic E-state index is 0. The van der Waals surface area contributed by atoms with Crippen LogP contribution in [0.15, 0.2) is 34.9 Å². The van der Waals surface area contributed by atoms with E-state index in [1.807, 2.05) is 18.2 Å². The van der Waals surface area contributed by atoms with E-state index in [1.165, 1.54) is 18.4 Å². The number of hydrogen-bond acceptors (Lipinski definition) is 5. The van der Waals surface area contributed by atoms with Gasteiger partial charge in [-0.3, -0.25) is 4.90 Å². The van der Waals surface area contributed by atoms with Crippen LogP contribution in [0.4, 0.5) is 0 Å². The number of nitrogens with one attached hydrogen (secondary N) is 1. The first-order chi connectivity index (χ1) is 10.3. The Morgan fingerprint density at radius 3 is 2.68 bits per heavy atom. The lowest BCUT2D eigenvalue weighted by molar-refractivity contribution is 0.171. The second-order valence-corrected chi connectivity index (χ2v) is 5.66. The molecule has 1 N–H and O–H groups in total. The summed E-state index contributed by atoms with van der Waals surface area (Å²) < 4.78 is 5.38. The van der Waals surface area contributed by atoms with E-state index in [1.54, 1.807) is 0 Å². The highest BCUT2D eigenvalue weighted by Gasteiger charge is 2.19. The molecule has 1 aliphatic heterocycles. The molecule has 3 rings (SSSR count). The van der Waals surface area contributed by atoms with Crippen LogP contribution in [0.2, 0.25) is 0 Å². The molecular weight excluding hydrogens is 300 g/mol. The quantitative estimate of drug-likeness (QED) is 0.915. The molecule has 0 atom stereocenters. The van der Waals surface area contributed by atoms with Crippen molar-refractivity contribution in [3.63, 3.8) is 0 Å². The third-order valence-electron chi connectivity index (χ3n) is 4.03. The number of aromatic nitrogens is 2. The van der Waals surface area contributed by atoms with Crippen LogP contribution in [-0.2, 0) is 13.0 Å². The van der Waals surface area contributed by atoms with Gasteiger partial charge in [-0.15, -0.1) is 12.4 Å². The van der Waals surface area contributed by atoms with Crippen molar-refractivity contribution in [2.24, 2.45) is 0 Å². The van der Waals surface area contributed by atoms with E-state index in [9.17, 15) is 0 Å². The summed E-state index contributed by atoms with van der Waals surface area (Å²) in [5.74, 6) is 1.47. The average molecular weight is 323 g/mol. The summed E-state index contributed by atoms with van der Waals surface area (Å²) in [4.78, 5) is 6.83. The normalized spacial score (nSPS) is 15.7. The second kappa shape index (κ2) is 8.27. The molecule has 5 nitrogen and oxygen atoms in total. The Labute approximate surface area is 137 Å². The zero-order valence-corrected chi connectivity index (χ0v) is 13.7. The molecule has 2 aromatic rings. The zero-order chi connectivity index (χ0) is 14.5. The average Bonchev–Trinajstić information content (AvgIpc) is 2.96. The van der Waals surface area contributed by atoms with Crippen molar-refractivity contribution in [3.05, 3.63) is 47.6 Å². The Balaban J connectivity index is 0.00000176. The van der Waals surface area contributed by atoms with Crippen LogP contribution in [-0.4, -0.2) is 41.2 Å². The van der Waals surface area contributed by atoms with E-state index in [4.69, 9.17) is 4.52 Å². The standard InChI is InChI=1S/C16H22N4O.ClH/c1-20(14-7-9-17-10-8-14)12-16-18-15(19-21-16)11-13-5-3-2-4-6-13;/h2-6,14,17H,7-12H2,1H3;1H. The Morgan fingerprint density at radius 1 is 1.23 bits per heavy atom. The molecule has 22 heavy (non-hydrogen) atoms. The van der Waals surface area contributed by atoms with Gasteiger partial charge in [0.1, 0.15) is 0 Å². The Morgan fingerprint density at radius 2 is 1.95 bits per heavy atom. The van der Waals surface area contributed by atoms with Gasteiger partial charge in [0, 0.05) is 12.5 Å². The Hall–Kier alpha value is -1.43. The minimum absolute atomic E-state index is 0. The van der Waals surface area contributed by atoms with Gasteiger partial charge in [-0.2, -0.15) is 4.98 Å². The van der Waals surface area contributed by atoms with Crippen molar-refractivity contribution in [2.75, 3.05) is 20.1 Å². The summed E-state index contributed by atoms with van der Waals surface area (Å²) in [6.07, 6.45) is 3.09. The first-order valence-corrected chi connectivity index (χ1v) is 7.57. The zero-order valence-electron chi connectivity index (χ0n) is 12.9. The van der Waals surface area contributed by atoms with Crippen LogP contribution >= 0.6 is 12.4 Å². The first-order valence-electron chi connectivity index (χ1n) is 7.57. The van der Waals surface area contributed by atoms with Gasteiger partial charge < -0.3 is 9.84 Å². The van der Waals surface area contributed by atoms with Crippen molar-refractivity contribution < 1.29 is 4.52 Å². The van der Waals surface area contributed by atoms with E-state index in [0.717, 1.165) is 31.9 Å².